The molecule has 1 heterocycles. The molecule has 3 rings (SSSR count). The number of aromatic nitrogens is 1. The van der Waals surface area contributed by atoms with E-state index in [4.69, 9.17) is 9.84 Å². The molecule has 0 fully saturated rings. The van der Waals surface area contributed by atoms with Crippen molar-refractivity contribution in [3.63, 3.8) is 0 Å². The molecule has 0 saturated carbocycles. The molecule has 0 bridgehead atoms. The van der Waals surface area contributed by atoms with Gasteiger partial charge in [0, 0.05) is 12.1 Å². The fraction of sp³-hybridized carbons (Fsp3) is 0.345. The quantitative estimate of drug-likeness (QED) is 0.280. The van der Waals surface area contributed by atoms with Crippen molar-refractivity contribution in [3.8, 4) is 22.8 Å². The van der Waals surface area contributed by atoms with Crippen LogP contribution in [0.25, 0.3) is 11.3 Å². The number of rotatable bonds is 10. The Balaban J connectivity index is 1.83. The number of halogens is 3. The number of hydrogen-bond donors (Lipinski definition) is 3. The van der Waals surface area contributed by atoms with Crippen LogP contribution in [0.2, 0.25) is 0 Å². The summed E-state index contributed by atoms with van der Waals surface area (Å²) in [4.78, 5) is 38.7. The Labute approximate surface area is 229 Å². The van der Waals surface area contributed by atoms with Crippen LogP contribution in [-0.4, -0.2) is 34.9 Å². The largest absolute Gasteiger partial charge is 0.573 e. The zero-order valence-electron chi connectivity index (χ0n) is 22.5. The minimum atomic E-state index is -4.80. The van der Waals surface area contributed by atoms with Gasteiger partial charge in [-0.2, -0.15) is 0 Å². The van der Waals surface area contributed by atoms with Crippen LogP contribution in [0, 0.1) is 12.3 Å². The predicted molar refractivity (Wildman–Crippen MR) is 142 cm³/mol. The molecule has 0 radical (unpaired) electrons. The van der Waals surface area contributed by atoms with E-state index in [0.29, 0.717) is 28.8 Å². The lowest BCUT2D eigenvalue weighted by atomic mass is 9.86. The normalized spacial score (nSPS) is 12.5. The van der Waals surface area contributed by atoms with Crippen LogP contribution in [0.1, 0.15) is 61.2 Å². The second-order valence-corrected chi connectivity index (χ2v) is 10.5. The Kier molecular flexibility index (Phi) is 9.28. The highest BCUT2D eigenvalue weighted by Crippen LogP contribution is 2.34. The van der Waals surface area contributed by atoms with E-state index in [9.17, 15) is 27.6 Å². The lowest BCUT2D eigenvalue weighted by molar-refractivity contribution is -0.274. The van der Waals surface area contributed by atoms with Crippen LogP contribution in [-0.2, 0) is 4.79 Å². The van der Waals surface area contributed by atoms with Crippen LogP contribution in [0.15, 0.2) is 59.4 Å². The van der Waals surface area contributed by atoms with Crippen molar-refractivity contribution in [2.45, 2.75) is 53.0 Å². The number of ether oxygens (including phenoxy) is 2. The number of benzene rings is 2. The van der Waals surface area contributed by atoms with E-state index in [1.54, 1.807) is 37.3 Å². The smallest absolute Gasteiger partial charge is 0.481 e. The van der Waals surface area contributed by atoms with Crippen molar-refractivity contribution in [1.29, 1.82) is 0 Å². The fourth-order valence-electron chi connectivity index (χ4n) is 3.99. The second kappa shape index (κ2) is 12.3. The number of aromatic amines is 1. The molecule has 0 aliphatic rings. The summed E-state index contributed by atoms with van der Waals surface area (Å²) in [7, 11) is 0. The first kappa shape index (κ1) is 30.3. The molecule has 1 amide bonds. The first-order valence-electron chi connectivity index (χ1n) is 12.5. The van der Waals surface area contributed by atoms with Crippen molar-refractivity contribution < 1.29 is 37.3 Å². The zero-order valence-corrected chi connectivity index (χ0v) is 22.5. The third-order valence-electron chi connectivity index (χ3n) is 5.82. The van der Waals surface area contributed by atoms with Gasteiger partial charge in [-0.3, -0.25) is 14.4 Å². The van der Waals surface area contributed by atoms with E-state index in [0.717, 1.165) is 5.56 Å². The van der Waals surface area contributed by atoms with E-state index in [2.05, 4.69) is 15.0 Å². The molecule has 3 aromatic rings. The molecule has 0 aliphatic heterocycles. The minimum absolute atomic E-state index is 0.00921. The summed E-state index contributed by atoms with van der Waals surface area (Å²) < 4.78 is 47.5. The molecule has 1 unspecified atom stereocenters. The molecule has 0 saturated heterocycles. The Morgan fingerprint density at radius 1 is 1.02 bits per heavy atom. The number of H-pyrrole nitrogens is 1. The highest BCUT2D eigenvalue weighted by atomic mass is 19.4. The van der Waals surface area contributed by atoms with Gasteiger partial charge in [0.15, 0.2) is 5.75 Å². The molecule has 214 valence electrons. The number of pyridine rings is 1. The number of aryl methyl sites for hydroxylation is 1. The van der Waals surface area contributed by atoms with Gasteiger partial charge in [0.2, 0.25) is 0 Å². The maximum Gasteiger partial charge on any atom is 0.573 e. The molecule has 1 aromatic heterocycles. The maximum atomic E-state index is 13.0. The number of aliphatic carboxylic acids is 1. The van der Waals surface area contributed by atoms with Gasteiger partial charge in [-0.15, -0.1) is 13.2 Å². The van der Waals surface area contributed by atoms with Crippen LogP contribution in [0.3, 0.4) is 0 Å². The monoisotopic (exact) mass is 560 g/mol. The van der Waals surface area contributed by atoms with Gasteiger partial charge in [0.25, 0.3) is 11.5 Å². The molecular formula is C29H31F3N2O6. The Morgan fingerprint density at radius 2 is 1.65 bits per heavy atom. The average molecular weight is 561 g/mol. The van der Waals surface area contributed by atoms with E-state index >= 15 is 0 Å². The Hall–Kier alpha value is -4.28. The summed E-state index contributed by atoms with van der Waals surface area (Å²) in [5.41, 5.74) is 1.97. The predicted octanol–water partition coefficient (Wildman–Crippen LogP) is 6.01. The average Bonchev–Trinajstić information content (AvgIpc) is 2.84. The summed E-state index contributed by atoms with van der Waals surface area (Å²) in [6, 6.07) is 13.4. The van der Waals surface area contributed by atoms with E-state index < -0.39 is 29.9 Å². The lowest BCUT2D eigenvalue weighted by Crippen LogP contribution is -2.26. The highest BCUT2D eigenvalue weighted by Gasteiger charge is 2.31. The number of hydrogen-bond acceptors (Lipinski definition) is 5. The molecule has 2 aromatic carbocycles. The van der Waals surface area contributed by atoms with Gasteiger partial charge in [-0.25, -0.2) is 0 Å². The van der Waals surface area contributed by atoms with Gasteiger partial charge in [-0.1, -0.05) is 32.9 Å². The molecular weight excluding hydrogens is 529 g/mol. The van der Waals surface area contributed by atoms with E-state index in [-0.39, 0.29) is 29.9 Å². The molecule has 3 N–H and O–H groups in total. The Bertz CT molecular complexity index is 1390. The molecule has 8 nitrogen and oxygen atoms in total. The van der Waals surface area contributed by atoms with Crippen LogP contribution < -0.4 is 20.3 Å². The minimum Gasteiger partial charge on any atom is -0.481 e. The molecule has 1 atom stereocenters. The van der Waals surface area contributed by atoms with Gasteiger partial charge >= 0.3 is 12.3 Å². The van der Waals surface area contributed by atoms with E-state index in [1.165, 1.54) is 24.3 Å². The fourth-order valence-corrected chi connectivity index (χ4v) is 3.99. The zero-order chi connectivity index (χ0) is 29.7. The first-order valence-corrected chi connectivity index (χ1v) is 12.5. The third kappa shape index (κ3) is 8.89. The summed E-state index contributed by atoms with van der Waals surface area (Å²) >= 11 is 0. The van der Waals surface area contributed by atoms with Crippen molar-refractivity contribution in [2.75, 3.05) is 6.54 Å². The van der Waals surface area contributed by atoms with E-state index in [1.807, 2.05) is 20.8 Å². The number of carboxylic acid groups (broad SMARTS) is 1. The summed E-state index contributed by atoms with van der Waals surface area (Å²) in [6.45, 7) is 7.83. The topological polar surface area (TPSA) is 118 Å². The summed E-state index contributed by atoms with van der Waals surface area (Å²) in [5.74, 6) is -1.71. The number of carboxylic acids is 1. The van der Waals surface area contributed by atoms with Crippen LogP contribution in [0.5, 0.6) is 11.5 Å². The second-order valence-electron chi connectivity index (χ2n) is 10.5. The highest BCUT2D eigenvalue weighted by molar-refractivity contribution is 5.94. The molecule has 40 heavy (non-hydrogen) atoms. The standard InChI is InChI=1S/C29H31F3N2O6/c1-17-15-22(27(38)34-25(17)19-9-11-21(12-10-19)40-29(30,31)32)39-23(16-28(2,3)4)18-5-7-20(8-6-18)26(37)33-14-13-24(35)36/h5-12,15,23H,13-14,16H2,1-4H3,(H,33,37)(H,34,38)(H,35,36). The SMILES string of the molecule is Cc1cc(OC(CC(C)(C)C)c2ccc(C(=O)NCCC(=O)O)cc2)c(=O)[nH]c1-c1ccc(OC(F)(F)F)cc1. The molecule has 11 heteroatoms. The van der Waals surface area contributed by atoms with Gasteiger partial charge in [-0.05, 0) is 77.9 Å². The molecule has 0 spiro atoms. The van der Waals surface area contributed by atoms with Crippen LogP contribution >= 0.6 is 0 Å². The summed E-state index contributed by atoms with van der Waals surface area (Å²) in [5, 5.41) is 11.3. The van der Waals surface area contributed by atoms with Gasteiger partial charge in [0.05, 0.1) is 12.1 Å². The van der Waals surface area contributed by atoms with Crippen molar-refractivity contribution in [2.24, 2.45) is 5.41 Å². The number of carbonyl (C=O) groups is 2. The summed E-state index contributed by atoms with van der Waals surface area (Å²) in [6.07, 6.45) is -4.98. The van der Waals surface area contributed by atoms with Gasteiger partial charge < -0.3 is 24.9 Å². The van der Waals surface area contributed by atoms with Crippen molar-refractivity contribution in [1.82, 2.24) is 10.3 Å². The first-order chi connectivity index (χ1) is 18.6. The maximum absolute atomic E-state index is 13.0. The van der Waals surface area contributed by atoms with Crippen molar-refractivity contribution >= 4 is 11.9 Å². The Morgan fingerprint density at radius 3 is 2.20 bits per heavy atom. The number of alkyl halides is 3. The number of nitrogens with one attached hydrogen (secondary N) is 2. The lowest BCUT2D eigenvalue weighted by Gasteiger charge is -2.27. The molecule has 0 aliphatic carbocycles. The third-order valence-corrected chi connectivity index (χ3v) is 5.82. The van der Waals surface area contributed by atoms with Crippen molar-refractivity contribution in [3.05, 3.63) is 81.6 Å². The van der Waals surface area contributed by atoms with Crippen LogP contribution in [0.4, 0.5) is 13.2 Å². The number of amides is 1. The van der Waals surface area contributed by atoms with Gasteiger partial charge in [0.1, 0.15) is 11.9 Å². The number of carbonyl (C=O) groups excluding carboxylic acids is 1.